The summed E-state index contributed by atoms with van der Waals surface area (Å²) in [5, 5.41) is 3.35. The normalized spacial score (nSPS) is 11.9. The van der Waals surface area contributed by atoms with Crippen LogP contribution in [0.2, 0.25) is 0 Å². The maximum absolute atomic E-state index is 11.0. The number of amides is 1. The van der Waals surface area contributed by atoms with E-state index in [0.29, 0.717) is 5.25 Å². The van der Waals surface area contributed by atoms with Crippen molar-refractivity contribution in [3.63, 3.8) is 0 Å². The van der Waals surface area contributed by atoms with Gasteiger partial charge in [0.2, 0.25) is 5.91 Å². The Bertz CT molecular complexity index is 566. The van der Waals surface area contributed by atoms with E-state index in [1.165, 1.54) is 17.4 Å². The van der Waals surface area contributed by atoms with E-state index >= 15 is 0 Å². The van der Waals surface area contributed by atoms with Gasteiger partial charge >= 0.3 is 0 Å². The molecule has 110 valence electrons. The summed E-state index contributed by atoms with van der Waals surface area (Å²) in [5.41, 5.74) is 2.25. The molecule has 21 heavy (non-hydrogen) atoms. The highest BCUT2D eigenvalue weighted by molar-refractivity contribution is 7.99. The highest BCUT2D eigenvalue weighted by Crippen LogP contribution is 2.27. The van der Waals surface area contributed by atoms with Crippen LogP contribution in [0.15, 0.2) is 59.5 Å². The van der Waals surface area contributed by atoms with Crippen molar-refractivity contribution in [1.82, 2.24) is 0 Å². The van der Waals surface area contributed by atoms with E-state index < -0.39 is 0 Å². The Labute approximate surface area is 131 Å². The van der Waals surface area contributed by atoms with Crippen LogP contribution in [0.5, 0.6) is 0 Å². The van der Waals surface area contributed by atoms with E-state index in [1.54, 1.807) is 0 Å². The Hall–Kier alpha value is -1.74. The molecule has 1 unspecified atom stereocenters. The lowest BCUT2D eigenvalue weighted by Gasteiger charge is -2.11. The summed E-state index contributed by atoms with van der Waals surface area (Å²) in [5.74, 6) is -0.0355. The molecule has 0 heterocycles. The van der Waals surface area contributed by atoms with Crippen LogP contribution in [-0.2, 0) is 11.2 Å². The van der Waals surface area contributed by atoms with Gasteiger partial charge in [0, 0.05) is 22.8 Å². The van der Waals surface area contributed by atoms with E-state index in [9.17, 15) is 4.79 Å². The van der Waals surface area contributed by atoms with Crippen molar-refractivity contribution >= 4 is 23.4 Å². The SMILES string of the molecule is CC(=O)Nc1ccc(SC(C)CCc2ccccc2)cc1. The molecule has 0 spiro atoms. The van der Waals surface area contributed by atoms with Gasteiger partial charge in [0.1, 0.15) is 0 Å². The monoisotopic (exact) mass is 299 g/mol. The number of aryl methyl sites for hydroxylation is 1. The van der Waals surface area contributed by atoms with Gasteiger partial charge in [-0.3, -0.25) is 4.79 Å². The number of thioether (sulfide) groups is 1. The second kappa shape index (κ2) is 7.89. The van der Waals surface area contributed by atoms with Gasteiger partial charge in [-0.25, -0.2) is 0 Å². The second-order valence-corrected chi connectivity index (χ2v) is 6.67. The van der Waals surface area contributed by atoms with Gasteiger partial charge in [-0.2, -0.15) is 0 Å². The largest absolute Gasteiger partial charge is 0.326 e. The van der Waals surface area contributed by atoms with Crippen LogP contribution < -0.4 is 5.32 Å². The molecule has 0 bridgehead atoms. The minimum Gasteiger partial charge on any atom is -0.326 e. The second-order valence-electron chi connectivity index (χ2n) is 5.16. The first-order valence-electron chi connectivity index (χ1n) is 7.22. The van der Waals surface area contributed by atoms with E-state index in [1.807, 2.05) is 23.9 Å². The average Bonchev–Trinajstić information content (AvgIpc) is 2.48. The molecule has 0 aliphatic heterocycles. The maximum atomic E-state index is 11.0. The molecule has 0 saturated heterocycles. The number of carbonyl (C=O) groups excluding carboxylic acids is 1. The maximum Gasteiger partial charge on any atom is 0.221 e. The zero-order valence-electron chi connectivity index (χ0n) is 12.5. The van der Waals surface area contributed by atoms with Crippen LogP contribution in [0.3, 0.4) is 0 Å². The Morgan fingerprint density at radius 1 is 1.10 bits per heavy atom. The van der Waals surface area contributed by atoms with Crippen molar-refractivity contribution in [2.75, 3.05) is 5.32 Å². The van der Waals surface area contributed by atoms with Crippen LogP contribution in [0.4, 0.5) is 5.69 Å². The Morgan fingerprint density at radius 2 is 1.76 bits per heavy atom. The lowest BCUT2D eigenvalue weighted by atomic mass is 10.1. The van der Waals surface area contributed by atoms with Crippen LogP contribution in [0.25, 0.3) is 0 Å². The Kier molecular flexibility index (Phi) is 5.88. The lowest BCUT2D eigenvalue weighted by molar-refractivity contribution is -0.114. The van der Waals surface area contributed by atoms with Crippen molar-refractivity contribution in [2.45, 2.75) is 36.8 Å². The van der Waals surface area contributed by atoms with Crippen LogP contribution in [0.1, 0.15) is 25.8 Å². The fourth-order valence-electron chi connectivity index (χ4n) is 2.13. The van der Waals surface area contributed by atoms with Gasteiger partial charge in [0.05, 0.1) is 0 Å². The Balaban J connectivity index is 1.82. The summed E-state index contributed by atoms with van der Waals surface area (Å²) in [4.78, 5) is 12.2. The molecule has 3 heteroatoms. The minimum atomic E-state index is -0.0355. The molecule has 0 radical (unpaired) electrons. The zero-order chi connectivity index (χ0) is 15.1. The first-order chi connectivity index (χ1) is 10.1. The van der Waals surface area contributed by atoms with Gasteiger partial charge < -0.3 is 5.32 Å². The predicted octanol–water partition coefficient (Wildman–Crippen LogP) is 4.76. The topological polar surface area (TPSA) is 29.1 Å². The molecular weight excluding hydrogens is 278 g/mol. The molecule has 2 nitrogen and oxygen atoms in total. The molecule has 2 aromatic rings. The summed E-state index contributed by atoms with van der Waals surface area (Å²) in [6.45, 7) is 3.78. The Morgan fingerprint density at radius 3 is 2.38 bits per heavy atom. The molecule has 0 aromatic heterocycles. The first-order valence-corrected chi connectivity index (χ1v) is 8.09. The number of hydrogen-bond donors (Lipinski definition) is 1. The van der Waals surface area contributed by atoms with E-state index in [-0.39, 0.29) is 5.91 Å². The summed E-state index contributed by atoms with van der Waals surface area (Å²) in [6.07, 6.45) is 2.26. The summed E-state index contributed by atoms with van der Waals surface area (Å²) in [7, 11) is 0. The third-order valence-corrected chi connectivity index (χ3v) is 4.38. The first kappa shape index (κ1) is 15.6. The van der Waals surface area contributed by atoms with Gasteiger partial charge in [-0.05, 0) is 42.7 Å². The molecule has 0 fully saturated rings. The van der Waals surface area contributed by atoms with Crippen molar-refractivity contribution in [2.24, 2.45) is 0 Å². The number of rotatable bonds is 6. The predicted molar refractivity (Wildman–Crippen MR) is 90.8 cm³/mol. The molecule has 1 amide bonds. The smallest absolute Gasteiger partial charge is 0.221 e. The number of hydrogen-bond acceptors (Lipinski definition) is 2. The fraction of sp³-hybridized carbons (Fsp3) is 0.278. The molecule has 0 aliphatic carbocycles. The number of carbonyl (C=O) groups is 1. The average molecular weight is 299 g/mol. The van der Waals surface area contributed by atoms with Crippen molar-refractivity contribution < 1.29 is 4.79 Å². The van der Waals surface area contributed by atoms with E-state index in [0.717, 1.165) is 18.5 Å². The fourth-order valence-corrected chi connectivity index (χ4v) is 3.12. The molecule has 2 aromatic carbocycles. The molecular formula is C18H21NOS. The van der Waals surface area contributed by atoms with Crippen LogP contribution in [-0.4, -0.2) is 11.2 Å². The standard InChI is InChI=1S/C18H21NOS/c1-14(8-9-16-6-4-3-5-7-16)21-18-12-10-17(11-13-18)19-15(2)20/h3-7,10-14H,8-9H2,1-2H3,(H,19,20). The van der Waals surface area contributed by atoms with Crippen molar-refractivity contribution in [3.8, 4) is 0 Å². The van der Waals surface area contributed by atoms with Gasteiger partial charge in [-0.15, -0.1) is 11.8 Å². The third kappa shape index (κ3) is 5.64. The molecule has 0 aliphatic rings. The lowest BCUT2D eigenvalue weighted by Crippen LogP contribution is -2.05. The van der Waals surface area contributed by atoms with E-state index in [2.05, 4.69) is 54.7 Å². The molecule has 2 rings (SSSR count). The van der Waals surface area contributed by atoms with Gasteiger partial charge in [0.25, 0.3) is 0 Å². The highest BCUT2D eigenvalue weighted by atomic mass is 32.2. The van der Waals surface area contributed by atoms with Gasteiger partial charge in [0.15, 0.2) is 0 Å². The van der Waals surface area contributed by atoms with Gasteiger partial charge in [-0.1, -0.05) is 37.3 Å². The van der Waals surface area contributed by atoms with E-state index in [4.69, 9.17) is 0 Å². The summed E-state index contributed by atoms with van der Waals surface area (Å²) in [6, 6.07) is 18.6. The number of benzene rings is 2. The number of nitrogens with one attached hydrogen (secondary N) is 1. The molecule has 0 saturated carbocycles. The van der Waals surface area contributed by atoms with Crippen LogP contribution in [0, 0.1) is 0 Å². The molecule has 1 atom stereocenters. The zero-order valence-corrected chi connectivity index (χ0v) is 13.3. The highest BCUT2D eigenvalue weighted by Gasteiger charge is 2.05. The molecule has 1 N–H and O–H groups in total. The quantitative estimate of drug-likeness (QED) is 0.779. The van der Waals surface area contributed by atoms with Crippen molar-refractivity contribution in [3.05, 3.63) is 60.2 Å². The van der Waals surface area contributed by atoms with Crippen LogP contribution >= 0.6 is 11.8 Å². The number of anilines is 1. The third-order valence-electron chi connectivity index (χ3n) is 3.19. The minimum absolute atomic E-state index is 0.0355. The summed E-state index contributed by atoms with van der Waals surface area (Å²) >= 11 is 1.88. The summed E-state index contributed by atoms with van der Waals surface area (Å²) < 4.78 is 0. The van der Waals surface area contributed by atoms with Crippen molar-refractivity contribution in [1.29, 1.82) is 0 Å².